The lowest BCUT2D eigenvalue weighted by Gasteiger charge is -2.15. The van der Waals surface area contributed by atoms with Crippen LogP contribution in [0.2, 0.25) is 0 Å². The normalized spacial score (nSPS) is 12.9. The van der Waals surface area contributed by atoms with Gasteiger partial charge in [0.25, 0.3) is 0 Å². The predicted octanol–water partition coefficient (Wildman–Crippen LogP) is 0.461. The van der Waals surface area contributed by atoms with Crippen LogP contribution < -0.4 is 15.8 Å². The Morgan fingerprint density at radius 3 is 2.76 bits per heavy atom. The molecule has 1 rings (SSSR count). The predicted molar refractivity (Wildman–Crippen MR) is 83.2 cm³/mol. The van der Waals surface area contributed by atoms with Crippen molar-refractivity contribution in [3.8, 4) is 0 Å². The van der Waals surface area contributed by atoms with Crippen molar-refractivity contribution in [3.05, 3.63) is 22.7 Å². The number of amides is 1. The van der Waals surface area contributed by atoms with Crippen molar-refractivity contribution in [2.75, 3.05) is 26.0 Å². The highest BCUT2D eigenvalue weighted by Crippen LogP contribution is 2.22. The van der Waals surface area contributed by atoms with E-state index in [-0.39, 0.29) is 10.6 Å². The van der Waals surface area contributed by atoms with Gasteiger partial charge in [-0.25, -0.2) is 8.42 Å². The molecule has 0 aromatic heterocycles. The SMILES string of the molecule is COCCNC(=O)C(C)NS(=O)(=O)c1cc(Br)ccc1N. The molecule has 7 nitrogen and oxygen atoms in total. The highest BCUT2D eigenvalue weighted by atomic mass is 79.9. The molecule has 1 aromatic rings. The maximum absolute atomic E-state index is 12.2. The van der Waals surface area contributed by atoms with Crippen LogP contribution in [0, 0.1) is 0 Å². The van der Waals surface area contributed by atoms with Crippen LogP contribution in [0.1, 0.15) is 6.92 Å². The van der Waals surface area contributed by atoms with Crippen LogP contribution in [0.4, 0.5) is 5.69 Å². The standard InChI is InChI=1S/C12H18BrN3O4S/c1-8(12(17)15-5-6-20-2)16-21(18,19)11-7-9(13)3-4-10(11)14/h3-4,7-8,16H,5-6,14H2,1-2H3,(H,15,17). The minimum absolute atomic E-state index is 0.0755. The Hall–Kier alpha value is -1.16. The number of halogens is 1. The van der Waals surface area contributed by atoms with Crippen molar-refractivity contribution in [2.45, 2.75) is 17.9 Å². The summed E-state index contributed by atoms with van der Waals surface area (Å²) in [4.78, 5) is 11.7. The average Bonchev–Trinajstić information content (AvgIpc) is 2.41. The molecule has 0 aliphatic heterocycles. The lowest BCUT2D eigenvalue weighted by molar-refractivity contribution is -0.122. The molecule has 1 unspecified atom stereocenters. The molecule has 0 bridgehead atoms. The first kappa shape index (κ1) is 17.9. The first-order valence-corrected chi connectivity index (χ1v) is 8.39. The van der Waals surface area contributed by atoms with E-state index in [1.807, 2.05) is 0 Å². The average molecular weight is 380 g/mol. The zero-order valence-electron chi connectivity index (χ0n) is 11.7. The number of carbonyl (C=O) groups is 1. The van der Waals surface area contributed by atoms with Crippen LogP contribution in [-0.4, -0.2) is 40.6 Å². The summed E-state index contributed by atoms with van der Waals surface area (Å²) >= 11 is 3.19. The number of rotatable bonds is 7. The number of benzene rings is 1. The third-order valence-corrected chi connectivity index (χ3v) is 4.69. The molecule has 0 spiro atoms. The monoisotopic (exact) mass is 379 g/mol. The zero-order chi connectivity index (χ0) is 16.0. The van der Waals surface area contributed by atoms with E-state index in [1.54, 1.807) is 6.07 Å². The summed E-state index contributed by atoms with van der Waals surface area (Å²) in [5, 5.41) is 2.55. The summed E-state index contributed by atoms with van der Waals surface area (Å²) in [6.45, 7) is 2.11. The van der Waals surface area contributed by atoms with Gasteiger partial charge in [0.2, 0.25) is 15.9 Å². The number of ether oxygens (including phenoxy) is 1. The Bertz CT molecular complexity index is 607. The van der Waals surface area contributed by atoms with Crippen LogP contribution in [0.3, 0.4) is 0 Å². The molecular weight excluding hydrogens is 362 g/mol. The molecule has 0 heterocycles. The molecule has 0 saturated carbocycles. The number of hydrogen-bond donors (Lipinski definition) is 3. The van der Waals surface area contributed by atoms with Crippen LogP contribution in [0.5, 0.6) is 0 Å². The van der Waals surface area contributed by atoms with Gasteiger partial charge in [0.15, 0.2) is 0 Å². The Labute approximate surface area is 132 Å². The van der Waals surface area contributed by atoms with Crippen molar-refractivity contribution in [2.24, 2.45) is 0 Å². The molecule has 118 valence electrons. The van der Waals surface area contributed by atoms with E-state index in [1.165, 1.54) is 26.2 Å². The van der Waals surface area contributed by atoms with Crippen molar-refractivity contribution in [1.29, 1.82) is 0 Å². The lowest BCUT2D eigenvalue weighted by atomic mass is 10.3. The first-order valence-electron chi connectivity index (χ1n) is 6.12. The van der Waals surface area contributed by atoms with Gasteiger partial charge in [0.05, 0.1) is 18.3 Å². The Balaban J connectivity index is 2.80. The van der Waals surface area contributed by atoms with E-state index in [0.717, 1.165) is 0 Å². The fraction of sp³-hybridized carbons (Fsp3) is 0.417. The summed E-state index contributed by atoms with van der Waals surface area (Å²) < 4.78 is 32.1. The second-order valence-corrected chi connectivity index (χ2v) is 6.91. The van der Waals surface area contributed by atoms with Gasteiger partial charge >= 0.3 is 0 Å². The van der Waals surface area contributed by atoms with Crippen molar-refractivity contribution in [3.63, 3.8) is 0 Å². The van der Waals surface area contributed by atoms with E-state index in [9.17, 15) is 13.2 Å². The maximum atomic E-state index is 12.2. The second kappa shape index (κ2) is 7.74. The minimum Gasteiger partial charge on any atom is -0.398 e. The van der Waals surface area contributed by atoms with Crippen LogP contribution in [0.15, 0.2) is 27.6 Å². The summed E-state index contributed by atoms with van der Waals surface area (Å²) in [5.41, 5.74) is 5.78. The van der Waals surface area contributed by atoms with E-state index in [0.29, 0.717) is 17.6 Å². The van der Waals surface area contributed by atoms with Crippen LogP contribution in [0.25, 0.3) is 0 Å². The summed E-state index contributed by atoms with van der Waals surface area (Å²) in [6, 6.07) is 3.56. The zero-order valence-corrected chi connectivity index (χ0v) is 14.1. The molecule has 9 heteroatoms. The number of nitrogen functional groups attached to an aromatic ring is 1. The molecule has 1 amide bonds. The topological polar surface area (TPSA) is 111 Å². The minimum atomic E-state index is -3.89. The number of anilines is 1. The molecule has 0 fully saturated rings. The molecule has 4 N–H and O–H groups in total. The molecular formula is C12H18BrN3O4S. The van der Waals surface area contributed by atoms with Gasteiger partial charge in [0.1, 0.15) is 4.90 Å². The van der Waals surface area contributed by atoms with E-state index in [4.69, 9.17) is 10.5 Å². The second-order valence-electron chi connectivity index (χ2n) is 4.31. The quantitative estimate of drug-likeness (QED) is 0.470. The first-order chi connectivity index (χ1) is 9.77. The van der Waals surface area contributed by atoms with E-state index >= 15 is 0 Å². The third kappa shape index (κ3) is 5.27. The fourth-order valence-electron chi connectivity index (χ4n) is 1.52. The maximum Gasteiger partial charge on any atom is 0.243 e. The number of nitrogens with two attached hydrogens (primary N) is 1. The van der Waals surface area contributed by atoms with Crippen LogP contribution >= 0.6 is 15.9 Å². The Kier molecular flexibility index (Phi) is 6.59. The van der Waals surface area contributed by atoms with Crippen LogP contribution in [-0.2, 0) is 19.6 Å². The third-order valence-electron chi connectivity index (χ3n) is 2.60. The van der Waals surface area contributed by atoms with Gasteiger partial charge in [-0.05, 0) is 25.1 Å². The Morgan fingerprint density at radius 1 is 1.48 bits per heavy atom. The molecule has 1 aromatic carbocycles. The molecule has 0 aliphatic carbocycles. The highest BCUT2D eigenvalue weighted by Gasteiger charge is 2.23. The van der Waals surface area contributed by atoms with Gasteiger partial charge in [-0.1, -0.05) is 15.9 Å². The van der Waals surface area contributed by atoms with Crippen molar-refractivity contribution in [1.82, 2.24) is 10.0 Å². The summed E-state index contributed by atoms with van der Waals surface area (Å²) in [6.07, 6.45) is 0. The van der Waals surface area contributed by atoms with Gasteiger partial charge in [-0.15, -0.1) is 0 Å². The molecule has 21 heavy (non-hydrogen) atoms. The smallest absolute Gasteiger partial charge is 0.243 e. The summed E-state index contributed by atoms with van der Waals surface area (Å²) in [7, 11) is -2.38. The number of nitrogens with one attached hydrogen (secondary N) is 2. The van der Waals surface area contributed by atoms with Gasteiger partial charge in [-0.2, -0.15) is 4.72 Å². The van der Waals surface area contributed by atoms with Gasteiger partial charge in [0, 0.05) is 18.1 Å². The highest BCUT2D eigenvalue weighted by molar-refractivity contribution is 9.10. The molecule has 0 aliphatic rings. The van der Waals surface area contributed by atoms with Crippen molar-refractivity contribution >= 4 is 37.5 Å². The van der Waals surface area contributed by atoms with E-state index < -0.39 is 22.0 Å². The number of hydrogen-bond acceptors (Lipinski definition) is 5. The molecule has 0 saturated heterocycles. The number of sulfonamides is 1. The van der Waals surface area contributed by atoms with Crippen molar-refractivity contribution < 1.29 is 17.9 Å². The lowest BCUT2D eigenvalue weighted by Crippen LogP contribution is -2.45. The largest absolute Gasteiger partial charge is 0.398 e. The summed E-state index contributed by atoms with van der Waals surface area (Å²) in [5.74, 6) is -0.441. The molecule has 1 atom stereocenters. The van der Waals surface area contributed by atoms with Gasteiger partial charge < -0.3 is 15.8 Å². The Morgan fingerprint density at radius 2 is 2.14 bits per heavy atom. The fourth-order valence-corrected chi connectivity index (χ4v) is 3.39. The van der Waals surface area contributed by atoms with Gasteiger partial charge in [-0.3, -0.25) is 4.79 Å². The van der Waals surface area contributed by atoms with E-state index in [2.05, 4.69) is 26.0 Å². The number of carbonyl (C=O) groups excluding carboxylic acids is 1. The number of methoxy groups -OCH3 is 1. The molecule has 0 radical (unpaired) electrons.